The number of aliphatic hydroxyl groups excluding tert-OH is 3. The summed E-state index contributed by atoms with van der Waals surface area (Å²) in [6.45, 7) is -1.88. The predicted molar refractivity (Wildman–Crippen MR) is 194 cm³/mol. The molecule has 14 heteroatoms. The Hall–Kier alpha value is -4.96. The number of hydrogen-bond acceptors (Lipinski definition) is 14. The van der Waals surface area contributed by atoms with E-state index < -0.39 is 54.9 Å². The number of phenols is 4. The lowest BCUT2D eigenvalue weighted by Crippen LogP contribution is -2.51. The fraction of sp³-hybridized carbons (Fsp3) is 0.400. The number of methoxy groups -OCH3 is 4. The van der Waals surface area contributed by atoms with Crippen molar-refractivity contribution >= 4 is 0 Å². The first kappa shape index (κ1) is 38.8. The van der Waals surface area contributed by atoms with Gasteiger partial charge >= 0.3 is 0 Å². The van der Waals surface area contributed by atoms with E-state index in [9.17, 15) is 46.0 Å². The van der Waals surface area contributed by atoms with E-state index in [2.05, 4.69) is 0 Å². The van der Waals surface area contributed by atoms with Crippen molar-refractivity contribution in [2.75, 3.05) is 54.9 Å². The standard InChI is InChI=1S/C40H46O14/c1-50-31-10-21(5-6-29(31)44)38-28(17-42)40(49,19-54-38)14-20-7-25(36(46)33(8-20)52-3)26-9-22(11-34(53-4)37(26)47)35-24-13-30(45)32(51-2)12-23(24)15-39(48,18-43)27(35)16-41/h5-13,27-28,35,38,41-49H,14-19H2,1-4H3. The van der Waals surface area contributed by atoms with Crippen LogP contribution in [0, 0.1) is 11.8 Å². The highest BCUT2D eigenvalue weighted by Gasteiger charge is 2.50. The van der Waals surface area contributed by atoms with E-state index in [0.717, 1.165) is 0 Å². The van der Waals surface area contributed by atoms with Crippen molar-refractivity contribution in [2.24, 2.45) is 11.8 Å². The van der Waals surface area contributed by atoms with Crippen molar-refractivity contribution < 1.29 is 69.6 Å². The number of aromatic hydroxyl groups is 4. The zero-order valence-electron chi connectivity index (χ0n) is 30.3. The van der Waals surface area contributed by atoms with Gasteiger partial charge in [-0.3, -0.25) is 0 Å². The quantitative estimate of drug-likeness (QED) is 0.102. The molecule has 1 saturated heterocycles. The van der Waals surface area contributed by atoms with Gasteiger partial charge in [-0.25, -0.2) is 0 Å². The number of phenolic OH excluding ortho intramolecular Hbond substituents is 4. The zero-order chi connectivity index (χ0) is 39.1. The van der Waals surface area contributed by atoms with Crippen molar-refractivity contribution in [3.05, 3.63) is 82.4 Å². The Morgan fingerprint density at radius 2 is 1.24 bits per heavy atom. The fourth-order valence-electron chi connectivity index (χ4n) is 8.12. The monoisotopic (exact) mass is 750 g/mol. The molecular formula is C40H46O14. The summed E-state index contributed by atoms with van der Waals surface area (Å²) in [6.07, 6.45) is -0.895. The van der Waals surface area contributed by atoms with E-state index >= 15 is 0 Å². The first-order valence-electron chi connectivity index (χ1n) is 17.3. The molecule has 9 N–H and O–H groups in total. The Kier molecular flexibility index (Phi) is 10.8. The lowest BCUT2D eigenvalue weighted by molar-refractivity contribution is -0.0875. The third-order valence-corrected chi connectivity index (χ3v) is 11.0. The molecule has 4 aromatic carbocycles. The minimum atomic E-state index is -1.80. The molecule has 1 aliphatic heterocycles. The maximum Gasteiger partial charge on any atom is 0.165 e. The highest BCUT2D eigenvalue weighted by molar-refractivity contribution is 5.81. The molecule has 1 aliphatic carbocycles. The molecule has 0 aromatic heterocycles. The molecule has 4 aromatic rings. The molecule has 1 fully saturated rings. The van der Waals surface area contributed by atoms with Gasteiger partial charge in [0.05, 0.1) is 65.6 Å². The molecular weight excluding hydrogens is 704 g/mol. The topological polar surface area (TPSA) is 228 Å². The van der Waals surface area contributed by atoms with Gasteiger partial charge in [-0.2, -0.15) is 0 Å². The minimum Gasteiger partial charge on any atom is -0.504 e. The molecule has 54 heavy (non-hydrogen) atoms. The Morgan fingerprint density at radius 1 is 0.648 bits per heavy atom. The first-order chi connectivity index (χ1) is 25.8. The van der Waals surface area contributed by atoms with E-state index in [-0.39, 0.29) is 76.6 Å². The molecule has 0 saturated carbocycles. The normalized spacial score (nSPS) is 24.9. The Morgan fingerprint density at radius 3 is 1.85 bits per heavy atom. The van der Waals surface area contributed by atoms with Gasteiger partial charge in [0.1, 0.15) is 0 Å². The third-order valence-electron chi connectivity index (χ3n) is 11.0. The van der Waals surface area contributed by atoms with Gasteiger partial charge in [-0.05, 0) is 76.3 Å². The zero-order valence-corrected chi connectivity index (χ0v) is 30.3. The number of fused-ring (bicyclic) bond motifs is 1. The van der Waals surface area contributed by atoms with Crippen molar-refractivity contribution in [3.63, 3.8) is 0 Å². The summed E-state index contributed by atoms with van der Waals surface area (Å²) < 4.78 is 27.7. The van der Waals surface area contributed by atoms with Crippen LogP contribution >= 0.6 is 0 Å². The maximum absolute atomic E-state index is 12.0. The summed E-state index contributed by atoms with van der Waals surface area (Å²) in [7, 11) is 5.47. The van der Waals surface area contributed by atoms with Crippen LogP contribution in [0.15, 0.2) is 54.6 Å². The van der Waals surface area contributed by atoms with Crippen LogP contribution in [-0.4, -0.2) is 112 Å². The predicted octanol–water partition coefficient (Wildman–Crippen LogP) is 2.88. The van der Waals surface area contributed by atoms with Crippen molar-refractivity contribution in [1.29, 1.82) is 0 Å². The fourth-order valence-corrected chi connectivity index (χ4v) is 8.12. The molecule has 2 aliphatic rings. The molecule has 0 spiro atoms. The summed E-state index contributed by atoms with van der Waals surface area (Å²) in [5.41, 5.74) is -0.781. The molecule has 0 bridgehead atoms. The molecule has 14 nitrogen and oxygen atoms in total. The van der Waals surface area contributed by atoms with Gasteiger partial charge in [0, 0.05) is 48.3 Å². The van der Waals surface area contributed by atoms with Gasteiger partial charge < -0.3 is 69.6 Å². The minimum absolute atomic E-state index is 0.0112. The summed E-state index contributed by atoms with van der Waals surface area (Å²) in [5, 5.41) is 99.3. The second-order valence-corrected chi connectivity index (χ2v) is 14.0. The van der Waals surface area contributed by atoms with Crippen LogP contribution in [0.5, 0.6) is 46.0 Å². The average molecular weight is 751 g/mol. The maximum atomic E-state index is 12.0. The molecule has 6 rings (SSSR count). The van der Waals surface area contributed by atoms with Crippen LogP contribution < -0.4 is 18.9 Å². The molecule has 1 heterocycles. The second kappa shape index (κ2) is 15.1. The summed E-state index contributed by atoms with van der Waals surface area (Å²) >= 11 is 0. The largest absolute Gasteiger partial charge is 0.504 e. The lowest BCUT2D eigenvalue weighted by atomic mass is 9.64. The van der Waals surface area contributed by atoms with Crippen LogP contribution in [0.4, 0.5) is 0 Å². The summed E-state index contributed by atoms with van der Waals surface area (Å²) in [4.78, 5) is 0. The van der Waals surface area contributed by atoms with Gasteiger partial charge in [-0.15, -0.1) is 0 Å². The van der Waals surface area contributed by atoms with Crippen molar-refractivity contribution in [3.8, 4) is 57.1 Å². The van der Waals surface area contributed by atoms with Gasteiger partial charge in [0.2, 0.25) is 0 Å². The van der Waals surface area contributed by atoms with Crippen LogP contribution in [0.25, 0.3) is 11.1 Å². The molecule has 6 atom stereocenters. The van der Waals surface area contributed by atoms with E-state index in [1.54, 1.807) is 30.3 Å². The smallest absolute Gasteiger partial charge is 0.165 e. The second-order valence-electron chi connectivity index (χ2n) is 14.0. The molecule has 0 radical (unpaired) electrons. The van der Waals surface area contributed by atoms with Crippen LogP contribution in [0.2, 0.25) is 0 Å². The lowest BCUT2D eigenvalue weighted by Gasteiger charge is -2.44. The van der Waals surface area contributed by atoms with Crippen molar-refractivity contribution in [1.82, 2.24) is 0 Å². The Bertz CT molecular complexity index is 2020. The number of benzene rings is 4. The SMILES string of the molecule is COc1cc(C2OCC(O)(Cc3cc(OC)c(O)c(-c4cc(C5c6cc(O)c(OC)cc6CC(O)(CO)C5CO)cc(OC)c4O)c3)C2CO)ccc1O. The van der Waals surface area contributed by atoms with E-state index in [1.165, 1.54) is 52.7 Å². The average Bonchev–Trinajstić information content (AvgIpc) is 3.50. The molecule has 0 amide bonds. The van der Waals surface area contributed by atoms with Crippen LogP contribution in [-0.2, 0) is 17.6 Å². The highest BCUT2D eigenvalue weighted by Crippen LogP contribution is 2.53. The van der Waals surface area contributed by atoms with Gasteiger partial charge in [0.25, 0.3) is 0 Å². The van der Waals surface area contributed by atoms with Crippen molar-refractivity contribution in [2.45, 2.75) is 36.1 Å². The highest BCUT2D eigenvalue weighted by atomic mass is 16.5. The van der Waals surface area contributed by atoms with E-state index in [0.29, 0.717) is 27.8 Å². The van der Waals surface area contributed by atoms with Crippen LogP contribution in [0.1, 0.15) is 39.8 Å². The van der Waals surface area contributed by atoms with E-state index in [4.69, 9.17) is 23.7 Å². The number of ether oxygens (including phenoxy) is 5. The van der Waals surface area contributed by atoms with Gasteiger partial charge in [-0.1, -0.05) is 6.07 Å². The van der Waals surface area contributed by atoms with Crippen LogP contribution in [0.3, 0.4) is 0 Å². The summed E-state index contributed by atoms with van der Waals surface area (Å²) in [5.74, 6) is -3.32. The Balaban J connectivity index is 1.47. The number of aliphatic hydroxyl groups is 5. The first-order valence-corrected chi connectivity index (χ1v) is 17.3. The molecule has 290 valence electrons. The Labute approximate surface area is 311 Å². The third kappa shape index (κ3) is 6.59. The van der Waals surface area contributed by atoms with Gasteiger partial charge in [0.15, 0.2) is 46.0 Å². The summed E-state index contributed by atoms with van der Waals surface area (Å²) in [6, 6.07) is 13.8. The number of rotatable bonds is 12. The number of hydrogen-bond donors (Lipinski definition) is 9. The molecule has 6 unspecified atom stereocenters. The van der Waals surface area contributed by atoms with E-state index in [1.807, 2.05) is 0 Å².